The monoisotopic (exact) mass is 503 g/mol. The van der Waals surface area contributed by atoms with Crippen molar-refractivity contribution in [3.05, 3.63) is 65.7 Å². The number of ether oxygens (including phenoxy) is 4. The lowest BCUT2D eigenvalue weighted by molar-refractivity contribution is -0.155. The Labute approximate surface area is 212 Å². The zero-order valence-electron chi connectivity index (χ0n) is 21.5. The van der Waals surface area contributed by atoms with E-state index < -0.39 is 42.8 Å². The average molecular weight is 504 g/mol. The summed E-state index contributed by atoms with van der Waals surface area (Å²) in [5, 5.41) is 21.6. The summed E-state index contributed by atoms with van der Waals surface area (Å²) in [4.78, 5) is 25.7. The van der Waals surface area contributed by atoms with Crippen LogP contribution in [0.25, 0.3) is 0 Å². The summed E-state index contributed by atoms with van der Waals surface area (Å²) in [5.74, 6) is -0.168. The van der Waals surface area contributed by atoms with Crippen LogP contribution in [0.2, 0.25) is 0 Å². The third kappa shape index (κ3) is 9.14. The van der Waals surface area contributed by atoms with Crippen molar-refractivity contribution in [1.29, 1.82) is 0 Å². The SMILES string of the molecule is CO[C@H](c1ccc(OC(C)(C)C)cc1)[C@H](NC(=O)OCc1ccccc1)C(=O)OCC(C)(CO)CO. The fourth-order valence-electron chi connectivity index (χ4n) is 3.17. The van der Waals surface area contributed by atoms with Crippen LogP contribution in [0, 0.1) is 5.41 Å². The van der Waals surface area contributed by atoms with E-state index in [2.05, 4.69) is 5.32 Å². The molecule has 0 unspecified atom stereocenters. The molecule has 1 amide bonds. The van der Waals surface area contributed by atoms with Gasteiger partial charge in [-0.1, -0.05) is 49.4 Å². The van der Waals surface area contributed by atoms with Crippen molar-refractivity contribution in [1.82, 2.24) is 5.32 Å². The predicted octanol–water partition coefficient (Wildman–Crippen LogP) is 3.38. The maximum Gasteiger partial charge on any atom is 0.408 e. The molecule has 9 nitrogen and oxygen atoms in total. The van der Waals surface area contributed by atoms with Crippen LogP contribution in [0.1, 0.15) is 44.9 Å². The van der Waals surface area contributed by atoms with Gasteiger partial charge in [-0.2, -0.15) is 0 Å². The fraction of sp³-hybridized carbons (Fsp3) is 0.481. The van der Waals surface area contributed by atoms with Gasteiger partial charge in [0.15, 0.2) is 6.04 Å². The molecule has 2 atom stereocenters. The highest BCUT2D eigenvalue weighted by Crippen LogP contribution is 2.26. The standard InChI is InChI=1S/C27H37NO8/c1-26(2,3)36-21-13-11-20(12-14-21)23(33-5)22(24(31)35-18-27(4,16-29)17-30)28-25(32)34-15-19-9-7-6-8-10-19/h6-14,22-23,29-30H,15-18H2,1-5H3,(H,28,32)/t22-,23+/m0/s1. The normalized spacial score (nSPS) is 13.4. The molecule has 0 aliphatic carbocycles. The van der Waals surface area contributed by atoms with Crippen LogP contribution >= 0.6 is 0 Å². The number of esters is 1. The third-order valence-corrected chi connectivity index (χ3v) is 5.26. The van der Waals surface area contributed by atoms with Gasteiger partial charge in [0.05, 0.1) is 13.2 Å². The highest BCUT2D eigenvalue weighted by molar-refractivity contribution is 5.82. The van der Waals surface area contributed by atoms with E-state index in [0.29, 0.717) is 11.3 Å². The number of amides is 1. The number of aliphatic hydroxyl groups excluding tert-OH is 2. The van der Waals surface area contributed by atoms with Crippen LogP contribution in [0.4, 0.5) is 4.79 Å². The first-order valence-corrected chi connectivity index (χ1v) is 11.7. The zero-order valence-corrected chi connectivity index (χ0v) is 21.5. The molecular formula is C27H37NO8. The van der Waals surface area contributed by atoms with Gasteiger partial charge in [-0.3, -0.25) is 0 Å². The van der Waals surface area contributed by atoms with E-state index in [1.54, 1.807) is 31.2 Å². The van der Waals surface area contributed by atoms with Crippen molar-refractivity contribution >= 4 is 12.1 Å². The number of hydrogen-bond acceptors (Lipinski definition) is 8. The smallest absolute Gasteiger partial charge is 0.408 e. The van der Waals surface area contributed by atoms with Crippen molar-refractivity contribution in [3.63, 3.8) is 0 Å². The van der Waals surface area contributed by atoms with Crippen LogP contribution in [0.15, 0.2) is 54.6 Å². The highest BCUT2D eigenvalue weighted by atomic mass is 16.6. The number of rotatable bonds is 12. The Bertz CT molecular complexity index is 952. The lowest BCUT2D eigenvalue weighted by atomic mass is 9.94. The van der Waals surface area contributed by atoms with Crippen LogP contribution < -0.4 is 10.1 Å². The van der Waals surface area contributed by atoms with E-state index in [9.17, 15) is 19.8 Å². The van der Waals surface area contributed by atoms with Gasteiger partial charge in [-0.15, -0.1) is 0 Å². The molecular weight excluding hydrogens is 466 g/mol. The number of alkyl carbamates (subject to hydrolysis) is 1. The molecule has 3 N–H and O–H groups in total. The molecule has 0 saturated carbocycles. The molecule has 198 valence electrons. The van der Waals surface area contributed by atoms with Gasteiger partial charge in [0.2, 0.25) is 0 Å². The number of carbonyl (C=O) groups excluding carboxylic acids is 2. The van der Waals surface area contributed by atoms with E-state index in [4.69, 9.17) is 18.9 Å². The Morgan fingerprint density at radius 1 is 0.917 bits per heavy atom. The maximum absolute atomic E-state index is 13.1. The lowest BCUT2D eigenvalue weighted by Crippen LogP contribution is -2.47. The molecule has 0 spiro atoms. The van der Waals surface area contributed by atoms with E-state index in [1.807, 2.05) is 51.1 Å². The van der Waals surface area contributed by atoms with E-state index in [0.717, 1.165) is 5.56 Å². The van der Waals surface area contributed by atoms with Gasteiger partial charge in [0.25, 0.3) is 0 Å². The first-order valence-electron chi connectivity index (χ1n) is 11.7. The van der Waals surface area contributed by atoms with E-state index in [-0.39, 0.29) is 18.8 Å². The summed E-state index contributed by atoms with van der Waals surface area (Å²) in [5.41, 5.74) is -0.0463. The van der Waals surface area contributed by atoms with Crippen LogP contribution in [-0.4, -0.2) is 60.8 Å². The number of hydrogen-bond donors (Lipinski definition) is 3. The van der Waals surface area contributed by atoms with Crippen molar-refractivity contribution in [2.45, 2.75) is 52.0 Å². The minimum Gasteiger partial charge on any atom is -0.488 e. The van der Waals surface area contributed by atoms with Crippen molar-refractivity contribution in [2.24, 2.45) is 5.41 Å². The van der Waals surface area contributed by atoms with Gasteiger partial charge in [0, 0.05) is 12.5 Å². The molecule has 0 bridgehead atoms. The number of nitrogens with one attached hydrogen (secondary N) is 1. The number of methoxy groups -OCH3 is 1. The summed E-state index contributed by atoms with van der Waals surface area (Å²) in [6.07, 6.45) is -1.75. The van der Waals surface area contributed by atoms with Gasteiger partial charge in [-0.05, 0) is 44.0 Å². The van der Waals surface area contributed by atoms with Crippen LogP contribution in [0.3, 0.4) is 0 Å². The second-order valence-electron chi connectivity index (χ2n) is 9.86. The number of benzene rings is 2. The quantitative estimate of drug-likeness (QED) is 0.377. The molecule has 0 aliphatic rings. The van der Waals surface area contributed by atoms with Gasteiger partial charge in [0.1, 0.15) is 30.7 Å². The lowest BCUT2D eigenvalue weighted by Gasteiger charge is -2.29. The van der Waals surface area contributed by atoms with Crippen LogP contribution in [0.5, 0.6) is 5.75 Å². The topological polar surface area (TPSA) is 124 Å². The second-order valence-corrected chi connectivity index (χ2v) is 9.86. The molecule has 2 rings (SSSR count). The maximum atomic E-state index is 13.1. The van der Waals surface area contributed by atoms with Crippen molar-refractivity contribution in [3.8, 4) is 5.75 Å². The summed E-state index contributed by atoms with van der Waals surface area (Å²) < 4.78 is 22.1. The first-order chi connectivity index (χ1) is 17.0. The summed E-state index contributed by atoms with van der Waals surface area (Å²) in [6.45, 7) is 6.34. The minimum absolute atomic E-state index is 0.0119. The largest absolute Gasteiger partial charge is 0.488 e. The summed E-state index contributed by atoms with van der Waals surface area (Å²) >= 11 is 0. The molecule has 0 saturated heterocycles. The van der Waals surface area contributed by atoms with E-state index >= 15 is 0 Å². The average Bonchev–Trinajstić information content (AvgIpc) is 2.86. The fourth-order valence-corrected chi connectivity index (χ4v) is 3.17. The van der Waals surface area contributed by atoms with Gasteiger partial charge < -0.3 is 34.5 Å². The molecule has 0 aliphatic heterocycles. The Hall–Kier alpha value is -3.14. The van der Waals surface area contributed by atoms with Gasteiger partial charge in [-0.25, -0.2) is 9.59 Å². The Morgan fingerprint density at radius 3 is 2.06 bits per heavy atom. The molecule has 2 aromatic rings. The summed E-state index contributed by atoms with van der Waals surface area (Å²) in [6, 6.07) is 14.8. The van der Waals surface area contributed by atoms with Gasteiger partial charge >= 0.3 is 12.1 Å². The highest BCUT2D eigenvalue weighted by Gasteiger charge is 2.35. The molecule has 36 heavy (non-hydrogen) atoms. The number of carbonyl (C=O) groups is 2. The molecule has 9 heteroatoms. The third-order valence-electron chi connectivity index (χ3n) is 5.26. The molecule has 0 aromatic heterocycles. The molecule has 0 radical (unpaired) electrons. The van der Waals surface area contributed by atoms with Crippen molar-refractivity contribution < 1.29 is 38.7 Å². The Morgan fingerprint density at radius 2 is 1.53 bits per heavy atom. The summed E-state index contributed by atoms with van der Waals surface area (Å²) in [7, 11) is 1.41. The number of aliphatic hydroxyl groups is 2. The molecule has 0 fully saturated rings. The van der Waals surface area contributed by atoms with E-state index in [1.165, 1.54) is 7.11 Å². The minimum atomic E-state index is -1.27. The predicted molar refractivity (Wildman–Crippen MR) is 133 cm³/mol. The Kier molecular flexibility index (Phi) is 10.7. The molecule has 0 heterocycles. The van der Waals surface area contributed by atoms with Crippen LogP contribution in [-0.2, 0) is 25.6 Å². The Balaban J connectivity index is 2.22. The first kappa shape index (κ1) is 29.1. The second kappa shape index (κ2) is 13.2. The zero-order chi connectivity index (χ0) is 26.8. The molecule has 2 aromatic carbocycles. The van der Waals surface area contributed by atoms with Crippen molar-refractivity contribution in [2.75, 3.05) is 26.9 Å².